The van der Waals surface area contributed by atoms with Crippen molar-refractivity contribution in [2.75, 3.05) is 0 Å². The summed E-state index contributed by atoms with van der Waals surface area (Å²) in [5, 5.41) is 13.2. The quantitative estimate of drug-likeness (QED) is 0.919. The van der Waals surface area contributed by atoms with Gasteiger partial charge >= 0.3 is 5.97 Å². The van der Waals surface area contributed by atoms with Crippen LogP contribution in [-0.2, 0) is 12.8 Å². The molecule has 0 bridgehead atoms. The summed E-state index contributed by atoms with van der Waals surface area (Å²) in [7, 11) is 0. The highest BCUT2D eigenvalue weighted by Gasteiger charge is 2.26. The van der Waals surface area contributed by atoms with Crippen LogP contribution in [-0.4, -0.2) is 20.9 Å². The topological polar surface area (TPSA) is 55.1 Å². The average molecular weight is 278 g/mol. The Hall–Kier alpha value is -2.24. The van der Waals surface area contributed by atoms with Crippen molar-refractivity contribution in [1.29, 1.82) is 0 Å². The molecule has 20 heavy (non-hydrogen) atoms. The van der Waals surface area contributed by atoms with Crippen LogP contribution in [0.5, 0.6) is 0 Å². The highest BCUT2D eigenvalue weighted by atomic mass is 19.1. The Morgan fingerprint density at radius 3 is 2.75 bits per heavy atom. The lowest BCUT2D eigenvalue weighted by Crippen LogP contribution is -2.09. The van der Waals surface area contributed by atoms with Crippen LogP contribution in [0.25, 0.3) is 5.69 Å². The third kappa shape index (κ3) is 1.97. The van der Waals surface area contributed by atoms with Gasteiger partial charge in [-0.05, 0) is 37.8 Å². The van der Waals surface area contributed by atoms with Crippen molar-refractivity contribution in [1.82, 2.24) is 9.78 Å². The molecule has 1 N–H and O–H groups in total. The second-order valence-electron chi connectivity index (χ2n) is 4.79. The predicted octanol–water partition coefficient (Wildman–Crippen LogP) is 2.73. The normalized spacial score (nSPS) is 14.1. The van der Waals surface area contributed by atoms with Gasteiger partial charge in [-0.1, -0.05) is 0 Å². The van der Waals surface area contributed by atoms with Gasteiger partial charge in [0.15, 0.2) is 5.69 Å². The maximum atomic E-state index is 13.9. The molecule has 0 radical (unpaired) electrons. The van der Waals surface area contributed by atoms with Gasteiger partial charge in [-0.3, -0.25) is 0 Å². The van der Waals surface area contributed by atoms with Crippen LogP contribution in [0.15, 0.2) is 18.2 Å². The minimum Gasteiger partial charge on any atom is -0.476 e. The lowest BCUT2D eigenvalue weighted by Gasteiger charge is -2.14. The molecule has 3 rings (SSSR count). The van der Waals surface area contributed by atoms with Crippen LogP contribution < -0.4 is 0 Å². The van der Waals surface area contributed by atoms with Gasteiger partial charge < -0.3 is 5.11 Å². The van der Waals surface area contributed by atoms with Crippen LogP contribution in [0, 0.1) is 11.6 Å². The number of rotatable bonds is 2. The zero-order chi connectivity index (χ0) is 14.3. The van der Waals surface area contributed by atoms with Gasteiger partial charge in [0.1, 0.15) is 17.3 Å². The fourth-order valence-electron chi connectivity index (χ4n) is 2.62. The Morgan fingerprint density at radius 2 is 2.00 bits per heavy atom. The molecule has 0 aliphatic heterocycles. The van der Waals surface area contributed by atoms with E-state index in [0.717, 1.165) is 31.0 Å². The molecule has 1 aliphatic rings. The summed E-state index contributed by atoms with van der Waals surface area (Å²) in [6, 6.07) is 3.07. The number of nitrogens with zero attached hydrogens (tertiary/aromatic N) is 2. The van der Waals surface area contributed by atoms with E-state index in [1.165, 1.54) is 4.68 Å². The molecule has 104 valence electrons. The third-order valence-corrected chi connectivity index (χ3v) is 3.52. The highest BCUT2D eigenvalue weighted by Crippen LogP contribution is 2.28. The van der Waals surface area contributed by atoms with E-state index in [1.807, 2.05) is 0 Å². The highest BCUT2D eigenvalue weighted by molar-refractivity contribution is 5.87. The first kappa shape index (κ1) is 12.8. The first-order valence-corrected chi connectivity index (χ1v) is 6.37. The molecule has 2 aromatic rings. The average Bonchev–Trinajstić information content (AvgIpc) is 2.81. The van der Waals surface area contributed by atoms with Crippen molar-refractivity contribution < 1.29 is 18.7 Å². The van der Waals surface area contributed by atoms with E-state index in [9.17, 15) is 18.7 Å². The van der Waals surface area contributed by atoms with Gasteiger partial charge in [-0.2, -0.15) is 5.10 Å². The monoisotopic (exact) mass is 278 g/mol. The van der Waals surface area contributed by atoms with Gasteiger partial charge in [0, 0.05) is 17.3 Å². The first-order valence-electron chi connectivity index (χ1n) is 6.37. The Labute approximate surface area is 113 Å². The molecule has 1 aromatic carbocycles. The summed E-state index contributed by atoms with van der Waals surface area (Å²) < 4.78 is 28.4. The summed E-state index contributed by atoms with van der Waals surface area (Å²) in [5.41, 5.74) is 1.18. The molecule has 0 atom stereocenters. The standard InChI is InChI=1S/C14H12F2N2O2/c15-8-5-6-10(16)12(7-8)18-11-4-2-1-3-9(11)13(17-18)14(19)20/h5-7H,1-4H2,(H,19,20). The third-order valence-electron chi connectivity index (χ3n) is 3.52. The van der Waals surface area contributed by atoms with Gasteiger partial charge in [0.25, 0.3) is 0 Å². The van der Waals surface area contributed by atoms with Crippen molar-refractivity contribution >= 4 is 5.97 Å². The van der Waals surface area contributed by atoms with Gasteiger partial charge in [0.05, 0.1) is 0 Å². The van der Waals surface area contributed by atoms with E-state index in [0.29, 0.717) is 24.1 Å². The number of aromatic carboxylic acids is 1. The lowest BCUT2D eigenvalue weighted by atomic mass is 9.95. The van der Waals surface area contributed by atoms with E-state index in [4.69, 9.17) is 0 Å². The second-order valence-corrected chi connectivity index (χ2v) is 4.79. The van der Waals surface area contributed by atoms with E-state index < -0.39 is 17.6 Å². The smallest absolute Gasteiger partial charge is 0.356 e. The van der Waals surface area contributed by atoms with Crippen LogP contribution in [0.3, 0.4) is 0 Å². The first-order chi connectivity index (χ1) is 9.58. The molecular formula is C14H12F2N2O2. The number of hydrogen-bond donors (Lipinski definition) is 1. The van der Waals surface area contributed by atoms with Crippen molar-refractivity contribution in [2.45, 2.75) is 25.7 Å². The minimum absolute atomic E-state index is 0.0457. The van der Waals surface area contributed by atoms with Crippen LogP contribution >= 0.6 is 0 Å². The number of carbonyl (C=O) groups is 1. The zero-order valence-corrected chi connectivity index (χ0v) is 10.6. The van der Waals surface area contributed by atoms with E-state index in [1.54, 1.807) is 0 Å². The van der Waals surface area contributed by atoms with Gasteiger partial charge in [-0.15, -0.1) is 0 Å². The molecule has 6 heteroatoms. The SMILES string of the molecule is O=C(O)c1nn(-c2cc(F)ccc2F)c2c1CCCC2. The maximum absolute atomic E-state index is 13.9. The number of benzene rings is 1. The fraction of sp³-hybridized carbons (Fsp3) is 0.286. The predicted molar refractivity (Wildman–Crippen MR) is 67.1 cm³/mol. The molecule has 0 unspecified atom stereocenters. The van der Waals surface area contributed by atoms with Crippen molar-refractivity contribution in [3.8, 4) is 5.69 Å². The molecule has 0 saturated heterocycles. The van der Waals surface area contributed by atoms with E-state index >= 15 is 0 Å². The summed E-state index contributed by atoms with van der Waals surface area (Å²) in [6.45, 7) is 0. The van der Waals surface area contributed by atoms with Crippen molar-refractivity contribution in [2.24, 2.45) is 0 Å². The van der Waals surface area contributed by atoms with Crippen molar-refractivity contribution in [3.63, 3.8) is 0 Å². The molecule has 0 fully saturated rings. The van der Waals surface area contributed by atoms with Crippen molar-refractivity contribution in [3.05, 3.63) is 46.8 Å². The Kier molecular flexibility index (Phi) is 3.00. The Bertz CT molecular complexity index is 695. The number of halogens is 2. The molecular weight excluding hydrogens is 266 g/mol. The molecule has 1 aromatic heterocycles. The minimum atomic E-state index is -1.14. The summed E-state index contributed by atoms with van der Waals surface area (Å²) in [5.74, 6) is -2.35. The molecule has 0 spiro atoms. The Morgan fingerprint density at radius 1 is 1.25 bits per heavy atom. The van der Waals surface area contributed by atoms with E-state index in [2.05, 4.69) is 5.10 Å². The lowest BCUT2D eigenvalue weighted by molar-refractivity contribution is 0.0688. The fourth-order valence-corrected chi connectivity index (χ4v) is 2.62. The number of carboxylic acid groups (broad SMARTS) is 1. The Balaban J connectivity index is 2.23. The van der Waals surface area contributed by atoms with Crippen LogP contribution in [0.1, 0.15) is 34.6 Å². The number of aromatic nitrogens is 2. The molecule has 1 aliphatic carbocycles. The second kappa shape index (κ2) is 4.70. The number of hydrogen-bond acceptors (Lipinski definition) is 2. The molecule has 0 saturated carbocycles. The largest absolute Gasteiger partial charge is 0.476 e. The van der Waals surface area contributed by atoms with E-state index in [-0.39, 0.29) is 11.4 Å². The molecule has 4 nitrogen and oxygen atoms in total. The summed E-state index contributed by atoms with van der Waals surface area (Å²) in [6.07, 6.45) is 2.98. The van der Waals surface area contributed by atoms with Gasteiger partial charge in [-0.25, -0.2) is 18.3 Å². The van der Waals surface area contributed by atoms with Gasteiger partial charge in [0.2, 0.25) is 0 Å². The number of fused-ring (bicyclic) bond motifs is 1. The summed E-state index contributed by atoms with van der Waals surface area (Å²) in [4.78, 5) is 11.2. The number of carboxylic acids is 1. The van der Waals surface area contributed by atoms with Crippen LogP contribution in [0.4, 0.5) is 8.78 Å². The maximum Gasteiger partial charge on any atom is 0.356 e. The zero-order valence-electron chi connectivity index (χ0n) is 10.6. The molecule has 0 amide bonds. The summed E-state index contributed by atoms with van der Waals surface area (Å²) >= 11 is 0. The van der Waals surface area contributed by atoms with Crippen LogP contribution in [0.2, 0.25) is 0 Å². The molecule has 1 heterocycles.